The summed E-state index contributed by atoms with van der Waals surface area (Å²) in [5, 5.41) is 8.93. The molecule has 15 heavy (non-hydrogen) atoms. The molecule has 1 rings (SSSR count). The third-order valence-corrected chi connectivity index (χ3v) is 3.05. The van der Waals surface area contributed by atoms with Crippen LogP contribution in [0.2, 0.25) is 0 Å². The molecule has 0 aliphatic carbocycles. The molecule has 1 amide bonds. The Hall–Kier alpha value is -1.06. The fourth-order valence-electron chi connectivity index (χ4n) is 1.86. The van der Waals surface area contributed by atoms with Crippen molar-refractivity contribution in [1.82, 2.24) is 4.90 Å². The fourth-order valence-corrected chi connectivity index (χ4v) is 1.86. The summed E-state index contributed by atoms with van der Waals surface area (Å²) in [7, 11) is 0. The van der Waals surface area contributed by atoms with Crippen LogP contribution >= 0.6 is 0 Å². The number of amides is 1. The Bertz CT molecular complexity index is 273. The predicted octanol–water partition coefficient (Wildman–Crippen LogP) is 1.50. The van der Waals surface area contributed by atoms with Crippen molar-refractivity contribution in [2.24, 2.45) is 5.41 Å². The summed E-state index contributed by atoms with van der Waals surface area (Å²) in [6.45, 7) is 5.97. The highest BCUT2D eigenvalue weighted by Gasteiger charge is 2.34. The molecule has 0 radical (unpaired) electrons. The van der Waals surface area contributed by atoms with E-state index in [9.17, 15) is 9.59 Å². The fraction of sp³-hybridized carbons (Fsp3) is 0.818. The lowest BCUT2D eigenvalue weighted by Crippen LogP contribution is -2.38. The third kappa shape index (κ3) is 2.70. The van der Waals surface area contributed by atoms with Gasteiger partial charge in [-0.3, -0.25) is 9.59 Å². The number of hydrogen-bond acceptors (Lipinski definition) is 2. The van der Waals surface area contributed by atoms with Gasteiger partial charge in [0.05, 0.1) is 5.41 Å². The van der Waals surface area contributed by atoms with Gasteiger partial charge in [-0.2, -0.15) is 0 Å². The molecule has 0 aromatic rings. The first-order valence-corrected chi connectivity index (χ1v) is 5.37. The van der Waals surface area contributed by atoms with Gasteiger partial charge in [-0.1, -0.05) is 0 Å². The van der Waals surface area contributed by atoms with Crippen LogP contribution in [0.4, 0.5) is 0 Å². The summed E-state index contributed by atoms with van der Waals surface area (Å²) in [6.07, 6.45) is 2.15. The maximum absolute atomic E-state index is 11.8. The molecule has 1 fully saturated rings. The molecule has 0 aromatic carbocycles. The van der Waals surface area contributed by atoms with Crippen molar-refractivity contribution < 1.29 is 14.7 Å². The van der Waals surface area contributed by atoms with E-state index in [0.29, 0.717) is 0 Å². The normalized spacial score (nSPS) is 21.8. The number of carboxylic acids is 1. The highest BCUT2D eigenvalue weighted by Crippen LogP contribution is 2.25. The molecule has 1 aliphatic heterocycles. The number of carbonyl (C=O) groups excluding carboxylic acids is 1. The van der Waals surface area contributed by atoms with Crippen molar-refractivity contribution in [1.29, 1.82) is 0 Å². The largest absolute Gasteiger partial charge is 0.481 e. The second kappa shape index (κ2) is 4.21. The first kappa shape index (κ1) is 12.0. The lowest BCUT2D eigenvalue weighted by Gasteiger charge is -2.26. The number of carboxylic acid groups (broad SMARTS) is 1. The van der Waals surface area contributed by atoms with Crippen molar-refractivity contribution >= 4 is 11.9 Å². The van der Waals surface area contributed by atoms with E-state index in [1.165, 1.54) is 0 Å². The van der Waals surface area contributed by atoms with Gasteiger partial charge in [0, 0.05) is 19.0 Å². The topological polar surface area (TPSA) is 57.6 Å². The Kier molecular flexibility index (Phi) is 3.37. The highest BCUT2D eigenvalue weighted by molar-refractivity contribution is 5.84. The summed E-state index contributed by atoms with van der Waals surface area (Å²) in [6, 6.07) is 0.266. The molecule has 1 heterocycles. The van der Waals surface area contributed by atoms with Crippen LogP contribution in [0.1, 0.15) is 40.0 Å². The molecule has 0 aromatic heterocycles. The van der Waals surface area contributed by atoms with E-state index < -0.39 is 11.4 Å². The zero-order chi connectivity index (χ0) is 11.6. The van der Waals surface area contributed by atoms with Gasteiger partial charge in [-0.05, 0) is 33.6 Å². The van der Waals surface area contributed by atoms with E-state index in [2.05, 4.69) is 0 Å². The van der Waals surface area contributed by atoms with Gasteiger partial charge in [0.15, 0.2) is 0 Å². The lowest BCUT2D eigenvalue weighted by molar-refractivity contribution is -0.151. The van der Waals surface area contributed by atoms with Gasteiger partial charge in [0.2, 0.25) is 5.91 Å². The molecular weight excluding hydrogens is 194 g/mol. The van der Waals surface area contributed by atoms with Crippen molar-refractivity contribution in [2.45, 2.75) is 46.1 Å². The quantitative estimate of drug-likeness (QED) is 0.772. The average molecular weight is 213 g/mol. The van der Waals surface area contributed by atoms with Crippen LogP contribution in [0, 0.1) is 5.41 Å². The summed E-state index contributed by atoms with van der Waals surface area (Å²) in [4.78, 5) is 24.5. The minimum Gasteiger partial charge on any atom is -0.481 e. The van der Waals surface area contributed by atoms with Gasteiger partial charge in [-0.15, -0.1) is 0 Å². The molecule has 1 unspecified atom stereocenters. The summed E-state index contributed by atoms with van der Waals surface area (Å²) in [5.41, 5.74) is -0.959. The van der Waals surface area contributed by atoms with Gasteiger partial charge in [0.25, 0.3) is 0 Å². The number of likely N-dealkylation sites (tertiary alicyclic amines) is 1. The van der Waals surface area contributed by atoms with E-state index >= 15 is 0 Å². The van der Waals surface area contributed by atoms with Crippen molar-refractivity contribution in [3.05, 3.63) is 0 Å². The Morgan fingerprint density at radius 1 is 1.47 bits per heavy atom. The first-order chi connectivity index (χ1) is 6.84. The van der Waals surface area contributed by atoms with Crippen LogP contribution in [0.5, 0.6) is 0 Å². The van der Waals surface area contributed by atoms with Gasteiger partial charge < -0.3 is 10.0 Å². The predicted molar refractivity (Wildman–Crippen MR) is 56.4 cm³/mol. The molecule has 4 heteroatoms. The summed E-state index contributed by atoms with van der Waals surface area (Å²) < 4.78 is 0. The Morgan fingerprint density at radius 2 is 2.07 bits per heavy atom. The molecule has 86 valence electrons. The molecule has 0 saturated carbocycles. The summed E-state index contributed by atoms with van der Waals surface area (Å²) in [5.74, 6) is -0.949. The van der Waals surface area contributed by atoms with Crippen molar-refractivity contribution in [3.63, 3.8) is 0 Å². The standard InChI is InChI=1S/C11H19NO3/c1-8-5-4-6-12(8)9(13)7-11(2,3)10(14)15/h8H,4-7H2,1-3H3,(H,14,15). The van der Waals surface area contributed by atoms with E-state index in [4.69, 9.17) is 5.11 Å². The Morgan fingerprint density at radius 3 is 2.47 bits per heavy atom. The average Bonchev–Trinajstić information content (AvgIpc) is 2.50. The van der Waals surface area contributed by atoms with Crippen molar-refractivity contribution in [2.75, 3.05) is 6.54 Å². The number of aliphatic carboxylic acids is 1. The van der Waals surface area contributed by atoms with E-state index in [-0.39, 0.29) is 18.4 Å². The monoisotopic (exact) mass is 213 g/mol. The molecule has 1 atom stereocenters. The van der Waals surface area contributed by atoms with Crippen LogP contribution < -0.4 is 0 Å². The van der Waals surface area contributed by atoms with E-state index in [1.807, 2.05) is 6.92 Å². The summed E-state index contributed by atoms with van der Waals surface area (Å²) >= 11 is 0. The Labute approximate surface area is 90.3 Å². The minimum absolute atomic E-state index is 0.0348. The Balaban J connectivity index is 2.59. The molecular formula is C11H19NO3. The maximum atomic E-state index is 11.8. The SMILES string of the molecule is CC1CCCN1C(=O)CC(C)(C)C(=O)O. The van der Waals surface area contributed by atoms with Crippen LogP contribution in [-0.4, -0.2) is 34.5 Å². The van der Waals surface area contributed by atoms with Gasteiger partial charge in [-0.25, -0.2) is 0 Å². The second-order valence-corrected chi connectivity index (χ2v) is 4.94. The minimum atomic E-state index is -0.959. The number of carbonyl (C=O) groups is 2. The number of nitrogens with zero attached hydrogens (tertiary/aromatic N) is 1. The van der Waals surface area contributed by atoms with Crippen molar-refractivity contribution in [3.8, 4) is 0 Å². The third-order valence-electron chi connectivity index (χ3n) is 3.05. The molecule has 0 bridgehead atoms. The number of rotatable bonds is 3. The first-order valence-electron chi connectivity index (χ1n) is 5.37. The molecule has 4 nitrogen and oxygen atoms in total. The zero-order valence-electron chi connectivity index (χ0n) is 9.62. The number of hydrogen-bond donors (Lipinski definition) is 1. The molecule has 0 spiro atoms. The second-order valence-electron chi connectivity index (χ2n) is 4.94. The highest BCUT2D eigenvalue weighted by atomic mass is 16.4. The van der Waals surface area contributed by atoms with Crippen LogP contribution in [0.25, 0.3) is 0 Å². The van der Waals surface area contributed by atoms with Gasteiger partial charge >= 0.3 is 5.97 Å². The molecule has 1 aliphatic rings. The van der Waals surface area contributed by atoms with E-state index in [1.54, 1.807) is 18.7 Å². The van der Waals surface area contributed by atoms with E-state index in [0.717, 1.165) is 19.4 Å². The maximum Gasteiger partial charge on any atom is 0.309 e. The molecule has 1 N–H and O–H groups in total. The van der Waals surface area contributed by atoms with Crippen LogP contribution in [0.15, 0.2) is 0 Å². The smallest absolute Gasteiger partial charge is 0.309 e. The van der Waals surface area contributed by atoms with Gasteiger partial charge in [0.1, 0.15) is 0 Å². The lowest BCUT2D eigenvalue weighted by atomic mass is 9.89. The zero-order valence-corrected chi connectivity index (χ0v) is 9.62. The van der Waals surface area contributed by atoms with Crippen LogP contribution in [-0.2, 0) is 9.59 Å². The van der Waals surface area contributed by atoms with Crippen LogP contribution in [0.3, 0.4) is 0 Å². The molecule has 1 saturated heterocycles.